The van der Waals surface area contributed by atoms with Gasteiger partial charge in [-0.25, -0.2) is 0 Å². The van der Waals surface area contributed by atoms with Crippen molar-refractivity contribution in [1.29, 1.82) is 0 Å². The smallest absolute Gasteiger partial charge is 0.295 e. The topological polar surface area (TPSA) is 156 Å². The summed E-state index contributed by atoms with van der Waals surface area (Å²) in [5.41, 5.74) is 2.51. The summed E-state index contributed by atoms with van der Waals surface area (Å²) in [7, 11) is 0. The lowest BCUT2D eigenvalue weighted by Gasteiger charge is -2.29. The fourth-order valence-corrected chi connectivity index (χ4v) is 4.72. The number of morpholine rings is 1. The fraction of sp³-hybridized carbons (Fsp3) is 0.214. The molecular formula is C28H26N6O6. The quantitative estimate of drug-likeness (QED) is 0.159. The van der Waals surface area contributed by atoms with Crippen molar-refractivity contribution in [1.82, 2.24) is 9.78 Å². The molecule has 0 amide bonds. The normalized spacial score (nSPS) is 14.5. The number of nitro groups is 1. The van der Waals surface area contributed by atoms with Crippen LogP contribution in [0.15, 0.2) is 75.8 Å². The summed E-state index contributed by atoms with van der Waals surface area (Å²) in [5, 5.41) is 43.0. The van der Waals surface area contributed by atoms with E-state index in [0.29, 0.717) is 76.6 Å². The molecule has 204 valence electrons. The van der Waals surface area contributed by atoms with E-state index in [-0.39, 0.29) is 11.4 Å². The van der Waals surface area contributed by atoms with Gasteiger partial charge in [0.1, 0.15) is 5.69 Å². The van der Waals surface area contributed by atoms with Crippen LogP contribution in [0.3, 0.4) is 0 Å². The van der Waals surface area contributed by atoms with Crippen LogP contribution in [0.4, 0.5) is 11.4 Å². The summed E-state index contributed by atoms with van der Waals surface area (Å²) in [4.78, 5) is 27.3. The minimum Gasteiger partial charge on any atom is -0.411 e. The Morgan fingerprint density at radius 1 is 0.950 bits per heavy atom. The van der Waals surface area contributed by atoms with Gasteiger partial charge in [-0.3, -0.25) is 14.9 Å². The summed E-state index contributed by atoms with van der Waals surface area (Å²) >= 11 is 0. The van der Waals surface area contributed by atoms with Crippen molar-refractivity contribution in [3.05, 3.63) is 92.3 Å². The zero-order chi connectivity index (χ0) is 28.4. The molecule has 4 aromatic rings. The predicted molar refractivity (Wildman–Crippen MR) is 150 cm³/mol. The molecule has 12 nitrogen and oxygen atoms in total. The Morgan fingerprint density at radius 2 is 1.57 bits per heavy atom. The van der Waals surface area contributed by atoms with Gasteiger partial charge in [-0.2, -0.15) is 9.78 Å². The highest BCUT2D eigenvalue weighted by atomic mass is 16.6. The van der Waals surface area contributed by atoms with Crippen molar-refractivity contribution < 1.29 is 20.1 Å². The third-order valence-electron chi connectivity index (χ3n) is 6.91. The van der Waals surface area contributed by atoms with E-state index >= 15 is 0 Å². The zero-order valence-corrected chi connectivity index (χ0v) is 21.8. The Morgan fingerprint density at radius 3 is 2.17 bits per heavy atom. The molecule has 1 saturated heterocycles. The molecule has 40 heavy (non-hydrogen) atoms. The lowest BCUT2D eigenvalue weighted by molar-refractivity contribution is -0.384. The number of aromatic nitrogens is 2. The van der Waals surface area contributed by atoms with Crippen LogP contribution in [0.1, 0.15) is 25.0 Å². The molecule has 0 bridgehead atoms. The molecule has 2 N–H and O–H groups in total. The number of hydrogen-bond donors (Lipinski definition) is 2. The Hall–Kier alpha value is -5.10. The highest BCUT2D eigenvalue weighted by Crippen LogP contribution is 2.31. The maximum atomic E-state index is 13.8. The number of hydrogen-bond acceptors (Lipinski definition) is 10. The number of nitro benzene ring substituents is 1. The number of ether oxygens (including phenoxy) is 1. The third-order valence-corrected chi connectivity index (χ3v) is 6.91. The van der Waals surface area contributed by atoms with Gasteiger partial charge in [0.15, 0.2) is 0 Å². The highest BCUT2D eigenvalue weighted by Gasteiger charge is 2.23. The Balaban J connectivity index is 1.82. The van der Waals surface area contributed by atoms with E-state index in [4.69, 9.17) is 4.74 Å². The van der Waals surface area contributed by atoms with Gasteiger partial charge in [-0.15, -0.1) is 0 Å². The van der Waals surface area contributed by atoms with Gasteiger partial charge in [0.05, 0.1) is 40.6 Å². The number of nitrogens with zero attached hydrogens (tertiary/aromatic N) is 6. The molecule has 5 rings (SSSR count). The number of rotatable bonds is 6. The molecule has 0 saturated carbocycles. The second-order valence-corrected chi connectivity index (χ2v) is 9.31. The monoisotopic (exact) mass is 542 g/mol. The molecule has 0 atom stereocenters. The average molecular weight is 543 g/mol. The van der Waals surface area contributed by atoms with Crippen LogP contribution in [-0.4, -0.2) is 62.8 Å². The second-order valence-electron chi connectivity index (χ2n) is 9.31. The molecule has 1 aromatic heterocycles. The van der Waals surface area contributed by atoms with Gasteiger partial charge in [-0.05, 0) is 50.2 Å². The van der Waals surface area contributed by atoms with Gasteiger partial charge in [0.25, 0.3) is 11.2 Å². The van der Waals surface area contributed by atoms with E-state index in [1.54, 1.807) is 68.4 Å². The minimum atomic E-state index is -0.539. The van der Waals surface area contributed by atoms with Crippen LogP contribution < -0.4 is 10.5 Å². The Kier molecular flexibility index (Phi) is 7.25. The first kappa shape index (κ1) is 26.5. The predicted octanol–water partition coefficient (Wildman–Crippen LogP) is 4.19. The van der Waals surface area contributed by atoms with Gasteiger partial charge >= 0.3 is 0 Å². The van der Waals surface area contributed by atoms with E-state index in [0.717, 1.165) is 4.68 Å². The largest absolute Gasteiger partial charge is 0.411 e. The Labute approximate surface area is 228 Å². The molecule has 0 radical (unpaired) electrons. The maximum absolute atomic E-state index is 13.8. The highest BCUT2D eigenvalue weighted by molar-refractivity contribution is 6.06. The second kappa shape index (κ2) is 10.9. The first-order chi connectivity index (χ1) is 19.3. The van der Waals surface area contributed by atoms with Crippen LogP contribution in [0.5, 0.6) is 0 Å². The fourth-order valence-electron chi connectivity index (χ4n) is 4.72. The van der Waals surface area contributed by atoms with Gasteiger partial charge < -0.3 is 20.1 Å². The molecule has 1 fully saturated rings. The number of anilines is 1. The summed E-state index contributed by atoms with van der Waals surface area (Å²) < 4.78 is 6.50. The van der Waals surface area contributed by atoms with Crippen LogP contribution in [0, 0.1) is 10.1 Å². The van der Waals surface area contributed by atoms with Crippen LogP contribution in [0.2, 0.25) is 0 Å². The minimum absolute atomic E-state index is 0.0311. The molecule has 0 aliphatic carbocycles. The SMILES string of the molecule is CC(=NO)c1cc(C(C)=NO)cc(-c2nn(-c3cc(N4CCOCC4)ccc3[N+](=O)[O-])c(=O)c3ccccc23)c1. The van der Waals surface area contributed by atoms with Crippen molar-refractivity contribution in [3.8, 4) is 16.9 Å². The van der Waals surface area contributed by atoms with Gasteiger partial charge in [0, 0.05) is 46.9 Å². The van der Waals surface area contributed by atoms with E-state index in [2.05, 4.69) is 15.4 Å². The molecule has 1 aliphatic heterocycles. The zero-order valence-electron chi connectivity index (χ0n) is 21.8. The van der Waals surface area contributed by atoms with E-state index in [1.165, 1.54) is 6.07 Å². The van der Waals surface area contributed by atoms with Crippen LogP contribution in [0.25, 0.3) is 27.7 Å². The van der Waals surface area contributed by atoms with E-state index in [9.17, 15) is 25.3 Å². The molecular weight excluding hydrogens is 516 g/mol. The molecule has 12 heteroatoms. The maximum Gasteiger partial charge on any atom is 0.295 e. The number of fused-ring (bicyclic) bond motifs is 1. The molecule has 1 aliphatic rings. The molecule has 0 spiro atoms. The number of oxime groups is 2. The lowest BCUT2D eigenvalue weighted by Crippen LogP contribution is -2.36. The summed E-state index contributed by atoms with van der Waals surface area (Å²) in [6.45, 7) is 5.49. The number of benzene rings is 3. The standard InChI is InChI=1S/C28H26N6O6/c1-17(30-36)19-13-20(18(2)31-37)15-21(14-19)27-23-5-3-4-6-24(23)28(35)33(29-27)26-16-22(7-8-25(26)34(38)39)32-9-11-40-12-10-32/h3-8,13-16,36-37H,9-12H2,1-2H3. The first-order valence-electron chi connectivity index (χ1n) is 12.5. The van der Waals surface area contributed by atoms with Crippen molar-refractivity contribution in [3.63, 3.8) is 0 Å². The van der Waals surface area contributed by atoms with Gasteiger partial charge in [0.2, 0.25) is 0 Å². The molecule has 2 heterocycles. The van der Waals surface area contributed by atoms with Crippen molar-refractivity contribution in [2.45, 2.75) is 13.8 Å². The average Bonchev–Trinajstić information content (AvgIpc) is 3.00. The molecule has 3 aromatic carbocycles. The van der Waals surface area contributed by atoms with Crippen molar-refractivity contribution >= 4 is 33.6 Å². The first-order valence-corrected chi connectivity index (χ1v) is 12.5. The van der Waals surface area contributed by atoms with Crippen LogP contribution >= 0.6 is 0 Å². The van der Waals surface area contributed by atoms with Gasteiger partial charge in [-0.1, -0.05) is 28.5 Å². The van der Waals surface area contributed by atoms with Crippen LogP contribution in [-0.2, 0) is 4.74 Å². The lowest BCUT2D eigenvalue weighted by atomic mass is 9.97. The van der Waals surface area contributed by atoms with Crippen molar-refractivity contribution in [2.75, 3.05) is 31.2 Å². The summed E-state index contributed by atoms with van der Waals surface area (Å²) in [6.07, 6.45) is 0. The van der Waals surface area contributed by atoms with Crippen molar-refractivity contribution in [2.24, 2.45) is 10.3 Å². The van der Waals surface area contributed by atoms with E-state index < -0.39 is 10.5 Å². The molecule has 0 unspecified atom stereocenters. The Bertz CT molecular complexity index is 1700. The third kappa shape index (κ3) is 4.87. The summed E-state index contributed by atoms with van der Waals surface area (Å²) in [6, 6.07) is 16.7. The summed E-state index contributed by atoms with van der Waals surface area (Å²) in [5.74, 6) is 0. The van der Waals surface area contributed by atoms with E-state index in [1.807, 2.05) is 4.90 Å².